The first-order chi connectivity index (χ1) is 8.54. The van der Waals surface area contributed by atoms with Crippen LogP contribution in [0.2, 0.25) is 0 Å². The van der Waals surface area contributed by atoms with E-state index in [1.54, 1.807) is 0 Å². The fraction of sp³-hybridized carbons (Fsp3) is 0.769. The lowest BCUT2D eigenvalue weighted by molar-refractivity contribution is -0.136. The van der Waals surface area contributed by atoms with Crippen LogP contribution < -0.4 is 5.32 Å². The number of hydrogen-bond donors (Lipinski definition) is 1. The lowest BCUT2D eigenvalue weighted by Gasteiger charge is -2.42. The highest BCUT2D eigenvalue weighted by molar-refractivity contribution is 6.07. The minimum Gasteiger partial charge on any atom is -0.323 e. The minimum absolute atomic E-state index is 0.144. The summed E-state index contributed by atoms with van der Waals surface area (Å²) >= 11 is 0. The molecule has 1 N–H and O–H groups in total. The lowest BCUT2D eigenvalue weighted by Crippen LogP contribution is -2.58. The molecule has 100 valence electrons. The molecule has 1 aliphatic heterocycles. The number of imide groups is 1. The third kappa shape index (κ3) is 1.72. The Kier molecular flexibility index (Phi) is 3.41. The van der Waals surface area contributed by atoms with Crippen molar-refractivity contribution in [1.82, 2.24) is 10.2 Å². The van der Waals surface area contributed by atoms with Crippen LogP contribution in [0.5, 0.6) is 0 Å². The number of carbonyl (C=O) groups excluding carboxylic acids is 3. The number of nitrogens with one attached hydrogen (secondary N) is 1. The van der Waals surface area contributed by atoms with Crippen LogP contribution in [0.4, 0.5) is 4.79 Å². The number of carbonyl (C=O) groups is 3. The number of urea groups is 1. The lowest BCUT2D eigenvalue weighted by atomic mass is 9.67. The highest BCUT2D eigenvalue weighted by Crippen LogP contribution is 2.42. The quantitative estimate of drug-likeness (QED) is 0.608. The maximum atomic E-state index is 12.5. The molecule has 1 saturated carbocycles. The van der Waals surface area contributed by atoms with Gasteiger partial charge in [0.25, 0.3) is 5.91 Å². The molecule has 1 saturated heterocycles. The molecular formula is C13H20N2O3. The van der Waals surface area contributed by atoms with Crippen molar-refractivity contribution in [2.24, 2.45) is 11.8 Å². The first-order valence-corrected chi connectivity index (χ1v) is 6.61. The molecule has 0 bridgehead atoms. The standard InChI is InChI=1S/C13H20N2O3/c1-9-5-3-6-10(2)13(9)11(17)15(7-4-8-16)12(18)14-13/h8-10H,3-7H2,1-2H3,(H,14,18). The summed E-state index contributed by atoms with van der Waals surface area (Å²) in [4.78, 5) is 36.1. The summed E-state index contributed by atoms with van der Waals surface area (Å²) < 4.78 is 0. The molecule has 1 heterocycles. The van der Waals surface area contributed by atoms with E-state index in [0.717, 1.165) is 25.5 Å². The third-order valence-corrected chi connectivity index (χ3v) is 4.46. The Hall–Kier alpha value is -1.39. The predicted molar refractivity (Wildman–Crippen MR) is 65.8 cm³/mol. The van der Waals surface area contributed by atoms with Gasteiger partial charge >= 0.3 is 6.03 Å². The van der Waals surface area contributed by atoms with Crippen molar-refractivity contribution in [3.05, 3.63) is 0 Å². The van der Waals surface area contributed by atoms with Crippen LogP contribution in [0.3, 0.4) is 0 Å². The van der Waals surface area contributed by atoms with E-state index in [0.29, 0.717) is 0 Å². The number of rotatable bonds is 3. The molecule has 1 aliphatic carbocycles. The van der Waals surface area contributed by atoms with Gasteiger partial charge in [-0.25, -0.2) is 4.79 Å². The molecule has 1 spiro atoms. The smallest absolute Gasteiger partial charge is 0.323 e. The van der Waals surface area contributed by atoms with E-state index in [9.17, 15) is 14.4 Å². The molecule has 2 unspecified atom stereocenters. The van der Waals surface area contributed by atoms with E-state index < -0.39 is 5.54 Å². The van der Waals surface area contributed by atoms with Crippen LogP contribution in [0.15, 0.2) is 0 Å². The van der Waals surface area contributed by atoms with Gasteiger partial charge in [-0.1, -0.05) is 20.3 Å². The Morgan fingerprint density at radius 2 is 1.94 bits per heavy atom. The highest BCUT2D eigenvalue weighted by Gasteiger charge is 2.57. The topological polar surface area (TPSA) is 66.5 Å². The Morgan fingerprint density at radius 1 is 1.33 bits per heavy atom. The van der Waals surface area contributed by atoms with Crippen molar-refractivity contribution in [2.75, 3.05) is 6.54 Å². The number of hydrogen-bond acceptors (Lipinski definition) is 3. The molecule has 2 aliphatic rings. The molecule has 3 amide bonds. The molecular weight excluding hydrogens is 232 g/mol. The average molecular weight is 252 g/mol. The monoisotopic (exact) mass is 252 g/mol. The zero-order valence-corrected chi connectivity index (χ0v) is 10.9. The largest absolute Gasteiger partial charge is 0.325 e. The van der Waals surface area contributed by atoms with Gasteiger partial charge in [0.1, 0.15) is 11.8 Å². The zero-order chi connectivity index (χ0) is 13.3. The Bertz CT molecular complexity index is 370. The van der Waals surface area contributed by atoms with Crippen LogP contribution >= 0.6 is 0 Å². The highest BCUT2D eigenvalue weighted by atomic mass is 16.2. The summed E-state index contributed by atoms with van der Waals surface area (Å²) in [6.45, 7) is 4.24. The van der Waals surface area contributed by atoms with E-state index >= 15 is 0 Å². The first kappa shape index (κ1) is 13.1. The van der Waals surface area contributed by atoms with Crippen molar-refractivity contribution in [2.45, 2.75) is 45.1 Å². The zero-order valence-electron chi connectivity index (χ0n) is 10.9. The van der Waals surface area contributed by atoms with E-state index in [-0.39, 0.29) is 36.7 Å². The molecule has 0 aromatic heterocycles. The molecule has 2 rings (SSSR count). The van der Waals surface area contributed by atoms with Gasteiger partial charge in [0.15, 0.2) is 0 Å². The van der Waals surface area contributed by atoms with Crippen LogP contribution in [0.25, 0.3) is 0 Å². The molecule has 18 heavy (non-hydrogen) atoms. The van der Waals surface area contributed by atoms with Crippen molar-refractivity contribution < 1.29 is 14.4 Å². The molecule has 5 nitrogen and oxygen atoms in total. The predicted octanol–water partition coefficient (Wildman–Crippen LogP) is 1.32. The van der Waals surface area contributed by atoms with E-state index in [1.807, 2.05) is 13.8 Å². The normalized spacial score (nSPS) is 36.0. The van der Waals surface area contributed by atoms with Gasteiger partial charge < -0.3 is 10.1 Å². The van der Waals surface area contributed by atoms with Gasteiger partial charge in [0.2, 0.25) is 0 Å². The fourth-order valence-corrected chi connectivity index (χ4v) is 3.34. The second-order valence-corrected chi connectivity index (χ2v) is 5.44. The van der Waals surface area contributed by atoms with E-state index in [2.05, 4.69) is 5.32 Å². The summed E-state index contributed by atoms with van der Waals surface area (Å²) in [5.41, 5.74) is -0.738. The Balaban J connectivity index is 2.26. The van der Waals surface area contributed by atoms with Gasteiger partial charge in [0.05, 0.1) is 0 Å². The van der Waals surface area contributed by atoms with Gasteiger partial charge in [-0.15, -0.1) is 0 Å². The van der Waals surface area contributed by atoms with Crippen LogP contribution in [-0.4, -0.2) is 35.2 Å². The Labute approximate surface area is 107 Å². The minimum atomic E-state index is -0.738. The summed E-state index contributed by atoms with van der Waals surface area (Å²) in [6.07, 6.45) is 3.95. The van der Waals surface area contributed by atoms with Crippen molar-refractivity contribution in [3.8, 4) is 0 Å². The maximum absolute atomic E-state index is 12.5. The molecule has 2 atom stereocenters. The SMILES string of the molecule is CC1CCCC(C)C12NC(=O)N(CCC=O)C2=O. The van der Waals surface area contributed by atoms with Gasteiger partial charge in [-0.05, 0) is 24.7 Å². The van der Waals surface area contributed by atoms with Crippen molar-refractivity contribution >= 4 is 18.2 Å². The van der Waals surface area contributed by atoms with Gasteiger partial charge in [0, 0.05) is 13.0 Å². The number of aldehydes is 1. The van der Waals surface area contributed by atoms with Crippen LogP contribution in [0.1, 0.15) is 39.5 Å². The summed E-state index contributed by atoms with van der Waals surface area (Å²) in [5, 5.41) is 2.90. The number of nitrogens with zero attached hydrogens (tertiary/aromatic N) is 1. The second-order valence-electron chi connectivity index (χ2n) is 5.44. The molecule has 0 radical (unpaired) electrons. The summed E-state index contributed by atoms with van der Waals surface area (Å²) in [6, 6.07) is -0.345. The Morgan fingerprint density at radius 3 is 2.50 bits per heavy atom. The average Bonchev–Trinajstić information content (AvgIpc) is 2.58. The molecule has 5 heteroatoms. The van der Waals surface area contributed by atoms with Gasteiger partial charge in [-0.3, -0.25) is 9.69 Å². The molecule has 0 aromatic carbocycles. The maximum Gasteiger partial charge on any atom is 0.325 e. The van der Waals surface area contributed by atoms with Crippen molar-refractivity contribution in [1.29, 1.82) is 0 Å². The third-order valence-electron chi connectivity index (χ3n) is 4.46. The van der Waals surface area contributed by atoms with Crippen LogP contribution in [-0.2, 0) is 9.59 Å². The first-order valence-electron chi connectivity index (χ1n) is 6.61. The molecule has 2 fully saturated rings. The second kappa shape index (κ2) is 4.71. The summed E-state index contributed by atoms with van der Waals surface area (Å²) in [5.74, 6) is 0.159. The van der Waals surface area contributed by atoms with Crippen LogP contribution in [0, 0.1) is 11.8 Å². The van der Waals surface area contributed by atoms with E-state index in [1.165, 1.54) is 4.90 Å². The van der Waals surface area contributed by atoms with Gasteiger partial charge in [-0.2, -0.15) is 0 Å². The summed E-state index contributed by atoms with van der Waals surface area (Å²) in [7, 11) is 0. The fourth-order valence-electron chi connectivity index (χ4n) is 3.34. The van der Waals surface area contributed by atoms with E-state index in [4.69, 9.17) is 0 Å². The van der Waals surface area contributed by atoms with Crippen molar-refractivity contribution in [3.63, 3.8) is 0 Å². The number of amides is 3. The molecule has 0 aromatic rings.